The molecule has 2 amide bonds. The van der Waals surface area contributed by atoms with Crippen molar-refractivity contribution in [1.29, 1.82) is 0 Å². The molecule has 1 saturated carbocycles. The van der Waals surface area contributed by atoms with Gasteiger partial charge in [0.2, 0.25) is 11.8 Å². The van der Waals surface area contributed by atoms with E-state index in [2.05, 4.69) is 29.4 Å². The van der Waals surface area contributed by atoms with Crippen LogP contribution in [0.1, 0.15) is 104 Å². The van der Waals surface area contributed by atoms with Gasteiger partial charge in [-0.3, -0.25) is 9.59 Å². The lowest BCUT2D eigenvalue weighted by Gasteiger charge is -2.28. The van der Waals surface area contributed by atoms with Gasteiger partial charge in [-0.2, -0.15) is 0 Å². The van der Waals surface area contributed by atoms with E-state index in [-0.39, 0.29) is 24.1 Å². The van der Waals surface area contributed by atoms with Crippen molar-refractivity contribution in [2.75, 3.05) is 46.9 Å². The molecule has 1 aliphatic carbocycles. The highest BCUT2D eigenvalue weighted by molar-refractivity contribution is 5.82. The first-order valence-corrected chi connectivity index (χ1v) is 15.9. The number of nitrogens with one attached hydrogen (secondary N) is 2. The summed E-state index contributed by atoms with van der Waals surface area (Å²) in [5.74, 6) is 2.62. The van der Waals surface area contributed by atoms with Crippen LogP contribution in [-0.4, -0.2) is 86.7 Å². The highest BCUT2D eigenvalue weighted by Crippen LogP contribution is 2.26. The number of hydrogen-bond acceptors (Lipinski definition) is 5. The standard InChI is InChI=1S/C16H30N2O.C15H28N2O2/c1-13-9-10-18(16(19)15(11-13)17-2)12-14-7-5-3-4-6-8-14;1-12-7-8-17(15(18)14(10-12)16-2)11-13-6-4-3-5-9-19-13/h13-15,17H,3-12H2,1-2H3;12-14,16H,3-11H2,1-2H3. The summed E-state index contributed by atoms with van der Waals surface area (Å²) in [7, 11) is 3.81. The maximum absolute atomic E-state index is 12.5. The number of likely N-dealkylation sites (N-methyl/N-ethyl adjacent to an activating group) is 2. The van der Waals surface area contributed by atoms with Gasteiger partial charge >= 0.3 is 0 Å². The largest absolute Gasteiger partial charge is 0.376 e. The number of amides is 2. The van der Waals surface area contributed by atoms with E-state index in [1.54, 1.807) is 0 Å². The number of rotatable bonds is 6. The van der Waals surface area contributed by atoms with Crippen molar-refractivity contribution in [1.82, 2.24) is 20.4 Å². The first-order valence-electron chi connectivity index (χ1n) is 15.9. The van der Waals surface area contributed by atoms with Gasteiger partial charge in [0.05, 0.1) is 18.2 Å². The van der Waals surface area contributed by atoms with Crippen molar-refractivity contribution < 1.29 is 14.3 Å². The molecule has 7 heteroatoms. The van der Waals surface area contributed by atoms with Gasteiger partial charge in [0.15, 0.2) is 0 Å². The van der Waals surface area contributed by atoms with E-state index in [0.717, 1.165) is 70.8 Å². The zero-order valence-electron chi connectivity index (χ0n) is 25.0. The zero-order valence-corrected chi connectivity index (χ0v) is 25.0. The van der Waals surface area contributed by atoms with Crippen LogP contribution in [0.15, 0.2) is 0 Å². The molecule has 3 saturated heterocycles. The van der Waals surface area contributed by atoms with Gasteiger partial charge in [-0.15, -0.1) is 0 Å². The molecule has 4 rings (SSSR count). The van der Waals surface area contributed by atoms with Crippen LogP contribution in [0.3, 0.4) is 0 Å². The SMILES string of the molecule is CNC1CC(C)CCN(CC2CCCCCC2)C1=O.CNC1CC(C)CCN(CC2CCCCCO2)C1=O. The summed E-state index contributed by atoms with van der Waals surface area (Å²) in [5, 5.41) is 6.38. The molecule has 7 nitrogen and oxygen atoms in total. The summed E-state index contributed by atoms with van der Waals surface area (Å²) in [4.78, 5) is 29.2. The minimum atomic E-state index is -0.0109. The lowest BCUT2D eigenvalue weighted by Crippen LogP contribution is -2.47. The Hall–Kier alpha value is -1.18. The summed E-state index contributed by atoms with van der Waals surface area (Å²) in [5.41, 5.74) is 0. The van der Waals surface area contributed by atoms with Crippen LogP contribution in [0.25, 0.3) is 0 Å². The van der Waals surface area contributed by atoms with Crippen molar-refractivity contribution in [2.45, 2.75) is 122 Å². The predicted molar refractivity (Wildman–Crippen MR) is 155 cm³/mol. The Morgan fingerprint density at radius 3 is 1.74 bits per heavy atom. The number of hydrogen-bond donors (Lipinski definition) is 2. The van der Waals surface area contributed by atoms with Crippen molar-refractivity contribution in [3.63, 3.8) is 0 Å². The van der Waals surface area contributed by atoms with E-state index in [0.29, 0.717) is 17.7 Å². The topological polar surface area (TPSA) is 73.9 Å². The fourth-order valence-electron chi connectivity index (χ4n) is 6.73. The summed E-state index contributed by atoms with van der Waals surface area (Å²) in [6.45, 7) is 9.01. The lowest BCUT2D eigenvalue weighted by molar-refractivity contribution is -0.135. The van der Waals surface area contributed by atoms with Crippen molar-refractivity contribution in [3.8, 4) is 0 Å². The maximum Gasteiger partial charge on any atom is 0.239 e. The molecule has 2 N–H and O–H groups in total. The third-order valence-corrected chi connectivity index (χ3v) is 9.38. The molecule has 4 fully saturated rings. The Kier molecular flexibility index (Phi) is 13.9. The van der Waals surface area contributed by atoms with Crippen molar-refractivity contribution in [2.24, 2.45) is 17.8 Å². The molecule has 0 aromatic carbocycles. The molecule has 0 aromatic rings. The molecule has 0 bridgehead atoms. The van der Waals surface area contributed by atoms with E-state index >= 15 is 0 Å². The molecule has 3 heterocycles. The molecule has 3 aliphatic heterocycles. The number of likely N-dealkylation sites (tertiary alicyclic amines) is 2. The van der Waals surface area contributed by atoms with Crippen LogP contribution < -0.4 is 10.6 Å². The van der Waals surface area contributed by atoms with Gasteiger partial charge in [-0.1, -0.05) is 52.4 Å². The second-order valence-corrected chi connectivity index (χ2v) is 12.7. The summed E-state index contributed by atoms with van der Waals surface area (Å²) in [6.07, 6.45) is 17.4. The highest BCUT2D eigenvalue weighted by atomic mass is 16.5. The lowest BCUT2D eigenvalue weighted by atomic mass is 9.99. The summed E-state index contributed by atoms with van der Waals surface area (Å²) in [6, 6.07) is 0.0338. The molecule has 0 spiro atoms. The first kappa shape index (κ1) is 31.3. The van der Waals surface area contributed by atoms with E-state index in [1.165, 1.54) is 57.8 Å². The molecule has 0 radical (unpaired) electrons. The Morgan fingerprint density at radius 1 is 0.684 bits per heavy atom. The van der Waals surface area contributed by atoms with Gasteiger partial charge in [0.1, 0.15) is 0 Å². The Morgan fingerprint density at radius 2 is 1.18 bits per heavy atom. The fourth-order valence-corrected chi connectivity index (χ4v) is 6.73. The quantitative estimate of drug-likeness (QED) is 0.488. The first-order chi connectivity index (χ1) is 18.4. The number of ether oxygens (including phenoxy) is 1. The van der Waals surface area contributed by atoms with E-state index < -0.39 is 0 Å². The molecule has 5 unspecified atom stereocenters. The van der Waals surface area contributed by atoms with Gasteiger partial charge in [0.25, 0.3) is 0 Å². The minimum absolute atomic E-state index is 0.0109. The summed E-state index contributed by atoms with van der Waals surface area (Å²) >= 11 is 0. The van der Waals surface area contributed by atoms with Crippen LogP contribution in [0.5, 0.6) is 0 Å². The van der Waals surface area contributed by atoms with Gasteiger partial charge in [0, 0.05) is 32.8 Å². The molecular formula is C31H58N4O3. The van der Waals surface area contributed by atoms with E-state index in [4.69, 9.17) is 4.74 Å². The maximum atomic E-state index is 12.5. The normalized spacial score (nSPS) is 32.5. The second kappa shape index (κ2) is 16.8. The molecular weight excluding hydrogens is 476 g/mol. The third kappa shape index (κ3) is 10.1. The number of carbonyl (C=O) groups excluding carboxylic acids is 2. The Bertz CT molecular complexity index is 631. The smallest absolute Gasteiger partial charge is 0.239 e. The van der Waals surface area contributed by atoms with Crippen LogP contribution in [-0.2, 0) is 14.3 Å². The molecule has 38 heavy (non-hydrogen) atoms. The van der Waals surface area contributed by atoms with E-state index in [9.17, 15) is 9.59 Å². The number of nitrogens with zero attached hydrogens (tertiary/aromatic N) is 2. The molecule has 220 valence electrons. The van der Waals surface area contributed by atoms with Gasteiger partial charge in [-0.05, 0) is 83.2 Å². The predicted octanol–water partition coefficient (Wildman–Crippen LogP) is 4.60. The molecule has 4 aliphatic rings. The average Bonchev–Trinajstić information content (AvgIpc) is 3.43. The van der Waals surface area contributed by atoms with Crippen molar-refractivity contribution in [3.05, 3.63) is 0 Å². The monoisotopic (exact) mass is 534 g/mol. The minimum Gasteiger partial charge on any atom is -0.376 e. The molecule has 5 atom stereocenters. The van der Waals surface area contributed by atoms with Crippen LogP contribution in [0.4, 0.5) is 0 Å². The fraction of sp³-hybridized carbons (Fsp3) is 0.935. The van der Waals surface area contributed by atoms with E-state index in [1.807, 2.05) is 19.0 Å². The molecule has 0 aromatic heterocycles. The van der Waals surface area contributed by atoms with Gasteiger partial charge < -0.3 is 25.2 Å². The van der Waals surface area contributed by atoms with Crippen LogP contribution in [0, 0.1) is 17.8 Å². The number of carbonyl (C=O) groups is 2. The Balaban J connectivity index is 0.000000211. The third-order valence-electron chi connectivity index (χ3n) is 9.38. The van der Waals surface area contributed by atoms with Gasteiger partial charge in [-0.25, -0.2) is 0 Å². The highest BCUT2D eigenvalue weighted by Gasteiger charge is 2.31. The summed E-state index contributed by atoms with van der Waals surface area (Å²) < 4.78 is 5.88. The zero-order chi connectivity index (χ0) is 27.3. The Labute approximate surface area is 233 Å². The van der Waals surface area contributed by atoms with Crippen LogP contribution >= 0.6 is 0 Å². The second-order valence-electron chi connectivity index (χ2n) is 12.7. The van der Waals surface area contributed by atoms with Crippen molar-refractivity contribution >= 4 is 11.8 Å². The van der Waals surface area contributed by atoms with Crippen LogP contribution in [0.2, 0.25) is 0 Å². The average molecular weight is 535 g/mol.